The number of ether oxygens (including phenoxy) is 2. The van der Waals surface area contributed by atoms with Crippen LogP contribution in [0.1, 0.15) is 11.1 Å². The van der Waals surface area contributed by atoms with Gasteiger partial charge in [0.2, 0.25) is 5.91 Å². The zero-order valence-electron chi connectivity index (χ0n) is 15.1. The molecule has 3 rings (SSSR count). The van der Waals surface area contributed by atoms with E-state index in [2.05, 4.69) is 5.92 Å². The van der Waals surface area contributed by atoms with Gasteiger partial charge in [0, 0.05) is 23.7 Å². The largest absolute Gasteiger partial charge is 0.491 e. The van der Waals surface area contributed by atoms with Crippen LogP contribution in [0.4, 0.5) is 4.39 Å². The molecule has 4 nitrogen and oxygen atoms in total. The molecular weight excluding hydrogens is 381 g/mol. The van der Waals surface area contributed by atoms with Gasteiger partial charge in [-0.2, -0.15) is 0 Å². The molecule has 1 unspecified atom stereocenters. The molecule has 1 aliphatic rings. The molecule has 0 aliphatic carbocycles. The Balaban J connectivity index is 1.57. The highest BCUT2D eigenvalue weighted by Crippen LogP contribution is 2.20. The van der Waals surface area contributed by atoms with E-state index in [1.807, 2.05) is 18.2 Å². The molecule has 1 fully saturated rings. The Labute approximate surface area is 168 Å². The lowest BCUT2D eigenvalue weighted by Gasteiger charge is -2.32. The summed E-state index contributed by atoms with van der Waals surface area (Å²) in [7, 11) is 0. The van der Waals surface area contributed by atoms with Gasteiger partial charge in [0.1, 0.15) is 24.3 Å². The molecule has 0 bridgehead atoms. The van der Waals surface area contributed by atoms with Gasteiger partial charge in [-0.15, -0.1) is 6.42 Å². The number of hydrogen-bond acceptors (Lipinski definition) is 3. The first kappa shape index (κ1) is 19.9. The molecule has 0 N–H and O–H groups in total. The molecule has 1 heterocycles. The molecule has 0 radical (unpaired) electrons. The molecule has 28 heavy (non-hydrogen) atoms. The van der Waals surface area contributed by atoms with E-state index in [4.69, 9.17) is 27.5 Å². The monoisotopic (exact) mass is 399 g/mol. The summed E-state index contributed by atoms with van der Waals surface area (Å²) in [4.78, 5) is 14.1. The summed E-state index contributed by atoms with van der Waals surface area (Å²) >= 11 is 5.98. The number of amides is 1. The lowest BCUT2D eigenvalue weighted by Crippen LogP contribution is -2.47. The standard InChI is InChI=1S/C22H19ClFNO3/c1-2-16-5-3-6-17(13-16)28-15-18-14-25(11-12-27-18)22(26)10-9-19-20(23)7-4-8-21(19)24/h1,3-10,13,18H,11-12,14-15H2. The summed E-state index contributed by atoms with van der Waals surface area (Å²) in [5.74, 6) is 2.50. The van der Waals surface area contributed by atoms with Crippen LogP contribution in [0.3, 0.4) is 0 Å². The first-order valence-corrected chi connectivity index (χ1v) is 9.16. The lowest BCUT2D eigenvalue weighted by atomic mass is 10.2. The van der Waals surface area contributed by atoms with Gasteiger partial charge in [-0.3, -0.25) is 4.79 Å². The highest BCUT2D eigenvalue weighted by molar-refractivity contribution is 6.32. The Morgan fingerprint density at radius 3 is 3.00 bits per heavy atom. The third kappa shape index (κ3) is 5.13. The molecule has 1 saturated heterocycles. The van der Waals surface area contributed by atoms with Crippen LogP contribution in [-0.4, -0.2) is 43.2 Å². The van der Waals surface area contributed by atoms with E-state index >= 15 is 0 Å². The fourth-order valence-electron chi connectivity index (χ4n) is 2.82. The van der Waals surface area contributed by atoms with Crippen LogP contribution in [0, 0.1) is 18.2 Å². The fraction of sp³-hybridized carbons (Fsp3) is 0.227. The second-order valence-electron chi connectivity index (χ2n) is 6.23. The van der Waals surface area contributed by atoms with Gasteiger partial charge in [0.25, 0.3) is 0 Å². The predicted molar refractivity (Wildman–Crippen MR) is 107 cm³/mol. The van der Waals surface area contributed by atoms with Crippen LogP contribution in [0.15, 0.2) is 48.5 Å². The first-order valence-electron chi connectivity index (χ1n) is 8.79. The van der Waals surface area contributed by atoms with Gasteiger partial charge in [-0.05, 0) is 36.4 Å². The molecule has 0 spiro atoms. The first-order chi connectivity index (χ1) is 13.6. The van der Waals surface area contributed by atoms with Crippen LogP contribution >= 0.6 is 11.6 Å². The van der Waals surface area contributed by atoms with E-state index in [-0.39, 0.29) is 22.6 Å². The maximum atomic E-state index is 13.8. The van der Waals surface area contributed by atoms with Gasteiger partial charge >= 0.3 is 0 Å². The minimum atomic E-state index is -0.473. The number of morpholine rings is 1. The maximum absolute atomic E-state index is 13.8. The van der Waals surface area contributed by atoms with Gasteiger partial charge in [-0.25, -0.2) is 4.39 Å². The quantitative estimate of drug-likeness (QED) is 0.567. The summed E-state index contributed by atoms with van der Waals surface area (Å²) in [5.41, 5.74) is 0.926. The van der Waals surface area contributed by atoms with Crippen molar-refractivity contribution in [3.8, 4) is 18.1 Å². The summed E-state index contributed by atoms with van der Waals surface area (Å²) < 4.78 is 25.2. The molecule has 0 aromatic heterocycles. The van der Waals surface area contributed by atoms with Crippen molar-refractivity contribution < 1.29 is 18.7 Å². The van der Waals surface area contributed by atoms with Gasteiger partial charge in [0.05, 0.1) is 18.2 Å². The molecular formula is C22H19ClFNO3. The van der Waals surface area contributed by atoms with Crippen LogP contribution in [0.5, 0.6) is 5.75 Å². The van der Waals surface area contributed by atoms with Gasteiger partial charge in [-0.1, -0.05) is 29.7 Å². The average Bonchev–Trinajstić information content (AvgIpc) is 2.72. The van der Waals surface area contributed by atoms with Crippen molar-refractivity contribution in [1.29, 1.82) is 0 Å². The minimum absolute atomic E-state index is 0.194. The maximum Gasteiger partial charge on any atom is 0.246 e. The summed E-state index contributed by atoms with van der Waals surface area (Å²) in [6, 6.07) is 11.6. The highest BCUT2D eigenvalue weighted by Gasteiger charge is 2.23. The highest BCUT2D eigenvalue weighted by atomic mass is 35.5. The molecule has 2 aromatic rings. The number of benzene rings is 2. The van der Waals surface area contributed by atoms with Crippen LogP contribution in [0.25, 0.3) is 6.08 Å². The number of terminal acetylenes is 1. The lowest BCUT2D eigenvalue weighted by molar-refractivity contribution is -0.134. The molecule has 0 saturated carbocycles. The van der Waals surface area contributed by atoms with E-state index < -0.39 is 5.82 Å². The Morgan fingerprint density at radius 2 is 2.21 bits per heavy atom. The van der Waals surface area contributed by atoms with Crippen molar-refractivity contribution in [2.45, 2.75) is 6.10 Å². The van der Waals surface area contributed by atoms with E-state index in [1.54, 1.807) is 17.0 Å². The second kappa shape index (κ2) is 9.41. The second-order valence-corrected chi connectivity index (χ2v) is 6.64. The van der Waals surface area contributed by atoms with E-state index in [0.717, 1.165) is 5.56 Å². The number of nitrogens with zero attached hydrogens (tertiary/aromatic N) is 1. The zero-order valence-corrected chi connectivity index (χ0v) is 15.9. The van der Waals surface area contributed by atoms with Crippen molar-refractivity contribution in [3.05, 3.63) is 70.5 Å². The van der Waals surface area contributed by atoms with Crippen molar-refractivity contribution >= 4 is 23.6 Å². The third-order valence-corrected chi connectivity index (χ3v) is 4.61. The van der Waals surface area contributed by atoms with Crippen molar-refractivity contribution in [3.63, 3.8) is 0 Å². The number of rotatable bonds is 5. The molecule has 2 aromatic carbocycles. The fourth-order valence-corrected chi connectivity index (χ4v) is 3.04. The minimum Gasteiger partial charge on any atom is -0.491 e. The molecule has 1 aliphatic heterocycles. The summed E-state index contributed by atoms with van der Waals surface area (Å²) in [5, 5.41) is 0.256. The van der Waals surface area contributed by atoms with Gasteiger partial charge < -0.3 is 14.4 Å². The van der Waals surface area contributed by atoms with Crippen molar-refractivity contribution in [1.82, 2.24) is 4.90 Å². The number of hydrogen-bond donors (Lipinski definition) is 0. The zero-order chi connectivity index (χ0) is 19.9. The average molecular weight is 400 g/mol. The smallest absolute Gasteiger partial charge is 0.246 e. The van der Waals surface area contributed by atoms with Crippen LogP contribution in [0.2, 0.25) is 5.02 Å². The van der Waals surface area contributed by atoms with Gasteiger partial charge in [0.15, 0.2) is 0 Å². The number of halogens is 2. The number of carbonyl (C=O) groups excluding carboxylic acids is 1. The van der Waals surface area contributed by atoms with Crippen molar-refractivity contribution in [2.24, 2.45) is 0 Å². The Kier molecular flexibility index (Phi) is 6.70. The van der Waals surface area contributed by atoms with E-state index in [0.29, 0.717) is 32.1 Å². The third-order valence-electron chi connectivity index (χ3n) is 4.28. The van der Waals surface area contributed by atoms with E-state index in [1.165, 1.54) is 24.3 Å². The Hall–Kier alpha value is -2.81. The predicted octanol–water partition coefficient (Wildman–Crippen LogP) is 3.78. The van der Waals surface area contributed by atoms with Crippen LogP contribution in [-0.2, 0) is 9.53 Å². The molecule has 6 heteroatoms. The van der Waals surface area contributed by atoms with E-state index in [9.17, 15) is 9.18 Å². The van der Waals surface area contributed by atoms with Crippen molar-refractivity contribution in [2.75, 3.05) is 26.3 Å². The summed E-state index contributed by atoms with van der Waals surface area (Å²) in [6.07, 6.45) is 7.84. The molecule has 1 amide bonds. The topological polar surface area (TPSA) is 38.8 Å². The normalized spacial score (nSPS) is 16.8. The molecule has 1 atom stereocenters. The Morgan fingerprint density at radius 1 is 1.39 bits per heavy atom. The number of carbonyl (C=O) groups is 1. The SMILES string of the molecule is C#Cc1cccc(OCC2CN(C(=O)C=Cc3c(F)cccc3Cl)CCO2)c1. The molecule has 144 valence electrons. The summed E-state index contributed by atoms with van der Waals surface area (Å²) in [6.45, 7) is 1.53. The Bertz CT molecular complexity index is 902. The van der Waals surface area contributed by atoms with Crippen LogP contribution < -0.4 is 4.74 Å².